The molecule has 5 atom stereocenters. The van der Waals surface area contributed by atoms with E-state index >= 15 is 0 Å². The van der Waals surface area contributed by atoms with Crippen molar-refractivity contribution in [2.24, 2.45) is 5.11 Å². The number of ether oxygens (including phenoxy) is 2. The lowest BCUT2D eigenvalue weighted by molar-refractivity contribution is -0.0601. The highest BCUT2D eigenvalue weighted by atomic mass is 31.3. The van der Waals surface area contributed by atoms with Gasteiger partial charge in [-0.1, -0.05) is 5.11 Å². The van der Waals surface area contributed by atoms with E-state index < -0.39 is 66.5 Å². The van der Waals surface area contributed by atoms with Crippen molar-refractivity contribution in [2.45, 2.75) is 31.8 Å². The average Bonchev–Trinajstić information content (AvgIpc) is 3.03. The Balaban J connectivity index is 2.16. The second-order valence-corrected chi connectivity index (χ2v) is 10.7. The Morgan fingerprint density at radius 1 is 1.24 bits per heavy atom. The molecule has 1 aliphatic heterocycles. The third-order valence-corrected chi connectivity index (χ3v) is 7.67. The minimum Gasteiger partial charge on any atom is -0.369 e. The van der Waals surface area contributed by atoms with E-state index in [1.165, 1.54) is 13.1 Å². The number of H-pyrrole nitrogens is 1. The second kappa shape index (κ2) is 10.7. The molecule has 2 heterocycles. The molecule has 2 unspecified atom stereocenters. The summed E-state index contributed by atoms with van der Waals surface area (Å²) in [5.74, 6) is 0. The summed E-state index contributed by atoms with van der Waals surface area (Å²) in [4.78, 5) is 64.0. The van der Waals surface area contributed by atoms with Gasteiger partial charge in [-0.25, -0.2) is 18.5 Å². The van der Waals surface area contributed by atoms with Crippen LogP contribution in [0.4, 0.5) is 0 Å². The van der Waals surface area contributed by atoms with Gasteiger partial charge in [0.2, 0.25) is 0 Å². The molecular weight excluding hydrogens is 519 g/mol. The smallest absolute Gasteiger partial charge is 0.369 e. The van der Waals surface area contributed by atoms with Crippen LogP contribution in [0.2, 0.25) is 0 Å². The van der Waals surface area contributed by atoms with Crippen LogP contribution >= 0.6 is 23.5 Å². The summed E-state index contributed by atoms with van der Waals surface area (Å²) in [6.45, 7) is 0.0624. The average molecular weight is 537 g/mol. The second-order valence-electron chi connectivity index (χ2n) is 6.30. The first-order valence-electron chi connectivity index (χ1n) is 8.51. The monoisotopic (exact) mass is 537 g/mol. The first-order chi connectivity index (χ1) is 15.1. The molecule has 0 spiro atoms. The van der Waals surface area contributed by atoms with Gasteiger partial charge < -0.3 is 29.0 Å². The molecule has 0 saturated carbocycles. The van der Waals surface area contributed by atoms with E-state index in [2.05, 4.69) is 28.2 Å². The number of phosphoric ester groups is 1. The van der Waals surface area contributed by atoms with Crippen LogP contribution in [0.1, 0.15) is 18.2 Å². The molecule has 0 aromatic carbocycles. The highest BCUT2D eigenvalue weighted by molar-refractivity contribution is 7.66. The number of aromatic amines is 1. The predicted octanol–water partition coefficient (Wildman–Crippen LogP) is 0.129. The highest BCUT2D eigenvalue weighted by Gasteiger charge is 2.43. The van der Waals surface area contributed by atoms with Gasteiger partial charge in [0, 0.05) is 23.1 Å². The van der Waals surface area contributed by atoms with E-state index in [1.807, 2.05) is 0 Å². The zero-order valence-corrected chi connectivity index (χ0v) is 19.1. The van der Waals surface area contributed by atoms with Crippen molar-refractivity contribution in [2.75, 3.05) is 13.3 Å². The van der Waals surface area contributed by atoms with Crippen molar-refractivity contribution in [1.29, 1.82) is 0 Å². The molecule has 0 amide bonds. The van der Waals surface area contributed by atoms with E-state index in [0.717, 1.165) is 4.57 Å². The molecular formula is C11H18N5O14P3. The van der Waals surface area contributed by atoms with E-state index in [1.54, 1.807) is 0 Å². The van der Waals surface area contributed by atoms with E-state index in [9.17, 15) is 33.1 Å². The van der Waals surface area contributed by atoms with E-state index in [0.29, 0.717) is 0 Å². The summed E-state index contributed by atoms with van der Waals surface area (Å²) in [5.41, 5.74) is 7.07. The third-order valence-electron chi connectivity index (χ3n) is 3.86. The van der Waals surface area contributed by atoms with Crippen molar-refractivity contribution in [1.82, 2.24) is 9.55 Å². The quantitative estimate of drug-likeness (QED) is 0.109. The molecule has 0 aliphatic carbocycles. The van der Waals surface area contributed by atoms with Gasteiger partial charge in [0.1, 0.15) is 19.1 Å². The lowest BCUT2D eigenvalue weighted by Crippen LogP contribution is -2.33. The number of aromatic nitrogens is 2. The molecule has 0 bridgehead atoms. The van der Waals surface area contributed by atoms with Crippen LogP contribution in [-0.2, 0) is 36.3 Å². The fourth-order valence-corrected chi connectivity index (χ4v) is 5.65. The third kappa shape index (κ3) is 8.55. The van der Waals surface area contributed by atoms with Crippen LogP contribution < -0.4 is 11.2 Å². The van der Waals surface area contributed by atoms with Crippen LogP contribution in [0.5, 0.6) is 0 Å². The van der Waals surface area contributed by atoms with Crippen LogP contribution in [0.25, 0.3) is 10.4 Å². The molecule has 22 heteroatoms. The van der Waals surface area contributed by atoms with Gasteiger partial charge in [0.25, 0.3) is 5.56 Å². The van der Waals surface area contributed by atoms with Crippen LogP contribution in [0.3, 0.4) is 0 Å². The Morgan fingerprint density at radius 2 is 1.91 bits per heavy atom. The summed E-state index contributed by atoms with van der Waals surface area (Å²) >= 11 is 0. The molecule has 5 N–H and O–H groups in total. The minimum atomic E-state index is -5.72. The molecule has 1 aromatic rings. The summed E-state index contributed by atoms with van der Waals surface area (Å²) < 4.78 is 57.6. The molecule has 1 saturated heterocycles. The molecule has 0 radical (unpaired) electrons. The maximum absolute atomic E-state index is 12.1. The Morgan fingerprint density at radius 3 is 2.52 bits per heavy atom. The van der Waals surface area contributed by atoms with Gasteiger partial charge >= 0.3 is 29.2 Å². The first-order valence-corrected chi connectivity index (χ1v) is 13.0. The lowest BCUT2D eigenvalue weighted by atomic mass is 10.2. The molecule has 2 rings (SSSR count). The number of hydrogen-bond donors (Lipinski definition) is 5. The van der Waals surface area contributed by atoms with Crippen LogP contribution in [0, 0.1) is 6.92 Å². The Hall–Kier alpha value is -1.68. The Kier molecular flexibility index (Phi) is 8.95. The van der Waals surface area contributed by atoms with Gasteiger partial charge in [-0.3, -0.25) is 18.9 Å². The van der Waals surface area contributed by atoms with Gasteiger partial charge in [-0.15, -0.1) is 0 Å². The van der Waals surface area contributed by atoms with Crippen molar-refractivity contribution < 1.29 is 55.9 Å². The maximum atomic E-state index is 12.1. The zero-order valence-electron chi connectivity index (χ0n) is 16.4. The molecule has 1 fully saturated rings. The van der Waals surface area contributed by atoms with E-state index in [4.69, 9.17) is 24.8 Å². The number of azide groups is 1. The maximum Gasteiger partial charge on any atom is 0.490 e. The number of hydrogen-bond acceptors (Lipinski definition) is 11. The Labute approximate surface area is 182 Å². The van der Waals surface area contributed by atoms with Crippen LogP contribution in [0.15, 0.2) is 20.9 Å². The number of aryl methyl sites for hydroxylation is 1. The summed E-state index contributed by atoms with van der Waals surface area (Å²) in [6, 6.07) is 0. The van der Waals surface area contributed by atoms with Crippen molar-refractivity contribution in [3.8, 4) is 0 Å². The van der Waals surface area contributed by atoms with Gasteiger partial charge in [0.15, 0.2) is 0 Å². The zero-order chi connectivity index (χ0) is 25.0. The lowest BCUT2D eigenvalue weighted by Gasteiger charge is -2.21. The molecule has 1 aromatic heterocycles. The largest absolute Gasteiger partial charge is 0.490 e. The van der Waals surface area contributed by atoms with Crippen molar-refractivity contribution >= 4 is 23.5 Å². The molecule has 19 nitrogen and oxygen atoms in total. The number of rotatable bonds is 11. The SMILES string of the molecule is Cc1cn([C@H]2C[C@@H](OCN=[N+]=[N-])[C@@H](COP(=O)(O)OP(=O)(O)OP(=O)(O)O)O2)c(=O)[nH]c1=O. The van der Waals surface area contributed by atoms with Gasteiger partial charge in [0.05, 0.1) is 12.7 Å². The van der Waals surface area contributed by atoms with Crippen molar-refractivity contribution in [3.63, 3.8) is 0 Å². The van der Waals surface area contributed by atoms with E-state index in [-0.39, 0.29) is 12.0 Å². The van der Waals surface area contributed by atoms with Gasteiger partial charge in [-0.2, -0.15) is 8.62 Å². The standard InChI is InChI=1S/C11H18N5O14P3/c1-6-3-16(11(18)14-10(6)17)9-2-7(26-5-13-15-12)8(28-9)4-27-32(22,23)30-33(24,25)29-31(19,20)21/h3,7-9H,2,4-5H2,1H3,(H,22,23)(H,24,25)(H,14,17,18)(H2,19,20,21)/t7-,8-,9-/m1/s1. The molecule has 33 heavy (non-hydrogen) atoms. The summed E-state index contributed by atoms with van der Waals surface area (Å²) in [5, 5.41) is 3.16. The molecule has 186 valence electrons. The number of nitrogens with zero attached hydrogens (tertiary/aromatic N) is 4. The summed E-state index contributed by atoms with van der Waals surface area (Å²) in [7, 11) is -16.7. The first kappa shape index (κ1) is 27.6. The number of nitrogens with one attached hydrogen (secondary N) is 1. The fourth-order valence-electron chi connectivity index (χ4n) is 2.62. The Bertz CT molecular complexity index is 1170. The number of phosphoric acid groups is 3. The highest BCUT2D eigenvalue weighted by Crippen LogP contribution is 2.66. The fraction of sp³-hybridized carbons (Fsp3) is 0.636. The molecule has 1 aliphatic rings. The van der Waals surface area contributed by atoms with Crippen molar-refractivity contribution in [3.05, 3.63) is 43.0 Å². The van der Waals surface area contributed by atoms with Gasteiger partial charge in [-0.05, 0) is 12.5 Å². The predicted molar refractivity (Wildman–Crippen MR) is 103 cm³/mol. The topological polar surface area (TPSA) is 282 Å². The summed E-state index contributed by atoms with van der Waals surface area (Å²) in [6.07, 6.45) is -2.21. The van der Waals surface area contributed by atoms with Crippen LogP contribution in [-0.4, -0.2) is 54.7 Å². The normalized spacial score (nSPS) is 24.6. The minimum absolute atomic E-state index is 0.0865.